The van der Waals surface area contributed by atoms with Crippen LogP contribution in [0.2, 0.25) is 0 Å². The van der Waals surface area contributed by atoms with E-state index >= 15 is 0 Å². The van der Waals surface area contributed by atoms with Gasteiger partial charge in [0, 0.05) is 38.2 Å². The number of nitriles is 2. The number of hydrogen-bond acceptors (Lipinski definition) is 3. The van der Waals surface area contributed by atoms with E-state index < -0.39 is 0 Å². The van der Waals surface area contributed by atoms with Crippen molar-refractivity contribution in [3.63, 3.8) is 0 Å². The molecule has 3 aromatic heterocycles. The lowest BCUT2D eigenvalue weighted by Gasteiger charge is -2.18. The predicted octanol–water partition coefficient (Wildman–Crippen LogP) is 12.9. The zero-order valence-corrected chi connectivity index (χ0v) is 29.4. The first-order valence-corrected chi connectivity index (χ1v) is 18.2. The zero-order valence-electron chi connectivity index (χ0n) is 29.4. The maximum absolute atomic E-state index is 10.5. The maximum Gasteiger partial charge on any atom is 0.145 e. The third-order valence-corrected chi connectivity index (χ3v) is 11.0. The minimum absolute atomic E-state index is 0.544. The van der Waals surface area contributed by atoms with Gasteiger partial charge in [-0.3, -0.25) is 0 Å². The van der Waals surface area contributed by atoms with E-state index in [4.69, 9.17) is 4.42 Å². The smallest absolute Gasteiger partial charge is 0.145 e. The number of fused-ring (bicyclic) bond motifs is 10. The van der Waals surface area contributed by atoms with E-state index in [-0.39, 0.29) is 0 Å². The quantitative estimate of drug-likeness (QED) is 0.183. The minimum atomic E-state index is 0.544. The third kappa shape index (κ3) is 4.51. The Morgan fingerprint density at radius 1 is 0.436 bits per heavy atom. The Balaban J connectivity index is 1.21. The number of para-hydroxylation sites is 4. The van der Waals surface area contributed by atoms with Gasteiger partial charge in [0.15, 0.2) is 0 Å². The van der Waals surface area contributed by atoms with Crippen LogP contribution in [-0.2, 0) is 0 Å². The number of benzene rings is 8. The second kappa shape index (κ2) is 11.8. The Hall–Kier alpha value is -7.86. The molecule has 0 aliphatic heterocycles. The van der Waals surface area contributed by atoms with Gasteiger partial charge in [0.1, 0.15) is 11.2 Å². The molecule has 11 rings (SSSR count). The van der Waals surface area contributed by atoms with E-state index in [9.17, 15) is 10.5 Å². The van der Waals surface area contributed by atoms with Crippen LogP contribution in [0.3, 0.4) is 0 Å². The van der Waals surface area contributed by atoms with Crippen LogP contribution in [0.4, 0.5) is 0 Å². The number of hydrogen-bond donors (Lipinski definition) is 0. The van der Waals surface area contributed by atoms with E-state index in [0.29, 0.717) is 11.1 Å². The normalized spacial score (nSPS) is 11.6. The van der Waals surface area contributed by atoms with Crippen LogP contribution < -0.4 is 0 Å². The maximum atomic E-state index is 10.5. The van der Waals surface area contributed by atoms with Crippen molar-refractivity contribution in [1.29, 1.82) is 10.5 Å². The van der Waals surface area contributed by atoms with Gasteiger partial charge in [-0.2, -0.15) is 10.5 Å². The first-order valence-electron chi connectivity index (χ1n) is 18.2. The first kappa shape index (κ1) is 30.7. The number of furan rings is 1. The molecule has 11 aromatic rings. The van der Waals surface area contributed by atoms with Crippen molar-refractivity contribution in [1.82, 2.24) is 9.13 Å². The van der Waals surface area contributed by atoms with Gasteiger partial charge in [0.2, 0.25) is 0 Å². The summed E-state index contributed by atoms with van der Waals surface area (Å²) in [5.74, 6) is 0. The summed E-state index contributed by atoms with van der Waals surface area (Å²) in [6.07, 6.45) is 0. The Morgan fingerprint density at radius 2 is 1.09 bits per heavy atom. The molecule has 5 nitrogen and oxygen atoms in total. The fraction of sp³-hybridized carbons (Fsp3) is 0. The highest BCUT2D eigenvalue weighted by molar-refractivity contribution is 6.24. The molecule has 3 heterocycles. The highest BCUT2D eigenvalue weighted by atomic mass is 16.3. The van der Waals surface area contributed by atoms with Crippen LogP contribution >= 0.6 is 0 Å². The lowest BCUT2D eigenvalue weighted by Crippen LogP contribution is -2.01. The second-order valence-corrected chi connectivity index (χ2v) is 13.9. The van der Waals surface area contributed by atoms with Crippen LogP contribution in [0.1, 0.15) is 11.1 Å². The van der Waals surface area contributed by atoms with Crippen molar-refractivity contribution in [3.05, 3.63) is 181 Å². The van der Waals surface area contributed by atoms with Gasteiger partial charge in [-0.15, -0.1) is 0 Å². The summed E-state index contributed by atoms with van der Waals surface area (Å²) in [6.45, 7) is 0. The standard InChI is InChI=1S/C50H28N4O/c51-29-31-10-9-11-32(26-31)36-22-20-33(27-34(36)30-52)37-23-21-35(28-47(37)54-43-16-5-1-12-38(43)39-13-2-6-17-44(39)54)53-45-18-7-3-15-42(45)49-46(53)25-24-41-40-14-4-8-19-48(40)55-50(41)49/h1-28H. The fourth-order valence-electron chi connectivity index (χ4n) is 8.60. The lowest BCUT2D eigenvalue weighted by molar-refractivity contribution is 0.673. The molecule has 0 fully saturated rings. The summed E-state index contributed by atoms with van der Waals surface area (Å²) < 4.78 is 11.3. The summed E-state index contributed by atoms with van der Waals surface area (Å²) in [7, 11) is 0. The van der Waals surface area contributed by atoms with E-state index in [1.165, 1.54) is 10.8 Å². The summed E-state index contributed by atoms with van der Waals surface area (Å²) >= 11 is 0. The molecule has 0 unspecified atom stereocenters. The molecule has 0 saturated carbocycles. The molecular weight excluding hydrogens is 673 g/mol. The molecule has 8 aromatic carbocycles. The summed E-state index contributed by atoms with van der Waals surface area (Å²) in [6, 6.07) is 63.0. The first-order chi connectivity index (χ1) is 27.2. The molecular formula is C50H28N4O. The van der Waals surface area contributed by atoms with Gasteiger partial charge in [-0.1, -0.05) is 103 Å². The summed E-state index contributed by atoms with van der Waals surface area (Å²) in [5.41, 5.74) is 12.7. The van der Waals surface area contributed by atoms with E-state index in [2.05, 4.69) is 143 Å². The second-order valence-electron chi connectivity index (χ2n) is 13.9. The largest absolute Gasteiger partial charge is 0.455 e. The van der Waals surface area contributed by atoms with Gasteiger partial charge in [-0.25, -0.2) is 0 Å². The molecule has 5 heteroatoms. The molecule has 0 aliphatic rings. The topological polar surface area (TPSA) is 70.6 Å². The van der Waals surface area contributed by atoms with Gasteiger partial charge >= 0.3 is 0 Å². The average Bonchev–Trinajstić information content (AvgIpc) is 3.91. The number of rotatable bonds is 4. The lowest BCUT2D eigenvalue weighted by atomic mass is 9.94. The molecule has 0 aliphatic carbocycles. The van der Waals surface area contributed by atoms with E-state index in [1.807, 2.05) is 42.5 Å². The van der Waals surface area contributed by atoms with Crippen molar-refractivity contribution in [2.24, 2.45) is 0 Å². The summed E-state index contributed by atoms with van der Waals surface area (Å²) in [4.78, 5) is 0. The summed E-state index contributed by atoms with van der Waals surface area (Å²) in [5, 5.41) is 26.8. The van der Waals surface area contributed by atoms with E-state index in [0.717, 1.165) is 88.4 Å². The van der Waals surface area contributed by atoms with Crippen molar-refractivity contribution < 1.29 is 4.42 Å². The Bertz CT molecular complexity index is 3420. The van der Waals surface area contributed by atoms with Crippen LogP contribution in [0, 0.1) is 22.7 Å². The molecule has 0 N–H and O–H groups in total. The van der Waals surface area contributed by atoms with Crippen LogP contribution in [-0.4, -0.2) is 9.13 Å². The van der Waals surface area contributed by atoms with Gasteiger partial charge in [0.25, 0.3) is 0 Å². The van der Waals surface area contributed by atoms with Gasteiger partial charge < -0.3 is 13.6 Å². The van der Waals surface area contributed by atoms with Crippen LogP contribution in [0.25, 0.3) is 99.2 Å². The number of nitrogens with zero attached hydrogens (tertiary/aromatic N) is 4. The number of aromatic nitrogens is 2. The average molecular weight is 701 g/mol. The Morgan fingerprint density at radius 3 is 1.84 bits per heavy atom. The van der Waals surface area contributed by atoms with Crippen molar-refractivity contribution in [2.45, 2.75) is 0 Å². The van der Waals surface area contributed by atoms with Gasteiger partial charge in [0.05, 0.1) is 56.4 Å². The molecule has 0 saturated heterocycles. The highest BCUT2D eigenvalue weighted by Gasteiger charge is 2.22. The van der Waals surface area contributed by atoms with Crippen molar-refractivity contribution >= 4 is 65.6 Å². The van der Waals surface area contributed by atoms with Crippen LogP contribution in [0.5, 0.6) is 0 Å². The Labute approximate surface area is 315 Å². The monoisotopic (exact) mass is 700 g/mol. The van der Waals surface area contributed by atoms with Crippen molar-refractivity contribution in [2.75, 3.05) is 0 Å². The van der Waals surface area contributed by atoms with Gasteiger partial charge in [-0.05, 0) is 83.4 Å². The molecule has 0 bridgehead atoms. The highest BCUT2D eigenvalue weighted by Crippen LogP contribution is 2.43. The molecule has 0 atom stereocenters. The van der Waals surface area contributed by atoms with Crippen LogP contribution in [0.15, 0.2) is 174 Å². The SMILES string of the molecule is N#Cc1cccc(-c2ccc(-c3ccc(-n4c5ccccc5c5c6oc7ccccc7c6ccc54)cc3-n3c4ccccc4c4ccccc43)cc2C#N)c1. The fourth-order valence-corrected chi connectivity index (χ4v) is 8.60. The third-order valence-electron chi connectivity index (χ3n) is 11.0. The Kier molecular flexibility index (Phi) is 6.61. The molecule has 0 radical (unpaired) electrons. The molecule has 55 heavy (non-hydrogen) atoms. The molecule has 0 spiro atoms. The molecule has 0 amide bonds. The van der Waals surface area contributed by atoms with Crippen molar-refractivity contribution in [3.8, 4) is 45.8 Å². The van der Waals surface area contributed by atoms with E-state index in [1.54, 1.807) is 6.07 Å². The zero-order chi connectivity index (χ0) is 36.6. The minimum Gasteiger partial charge on any atom is -0.455 e. The predicted molar refractivity (Wildman–Crippen MR) is 223 cm³/mol. The molecule has 254 valence electrons.